The number of hydrogen-bond acceptors (Lipinski definition) is 4. The Kier molecular flexibility index (Phi) is 4.04. The molecule has 1 aromatic heterocycles. The van der Waals surface area contributed by atoms with E-state index in [4.69, 9.17) is 11.6 Å². The number of hydrogen-bond donors (Lipinski definition) is 2. The van der Waals surface area contributed by atoms with Crippen molar-refractivity contribution in [1.29, 1.82) is 0 Å². The van der Waals surface area contributed by atoms with E-state index in [9.17, 15) is 0 Å². The van der Waals surface area contributed by atoms with E-state index in [1.807, 2.05) is 38.2 Å². The van der Waals surface area contributed by atoms with Crippen molar-refractivity contribution < 1.29 is 0 Å². The molecule has 0 radical (unpaired) electrons. The van der Waals surface area contributed by atoms with Crippen LogP contribution >= 0.6 is 27.5 Å². The number of nitrogens with one attached hydrogen (secondary N) is 2. The summed E-state index contributed by atoms with van der Waals surface area (Å²) < 4.78 is 0.865. The van der Waals surface area contributed by atoms with Crippen molar-refractivity contribution in [3.63, 3.8) is 0 Å². The summed E-state index contributed by atoms with van der Waals surface area (Å²) in [6.07, 6.45) is 0. The first-order chi connectivity index (χ1) is 8.58. The minimum absolute atomic E-state index is 0.652. The first-order valence-electron chi connectivity index (χ1n) is 5.34. The van der Waals surface area contributed by atoms with Crippen molar-refractivity contribution in [2.24, 2.45) is 0 Å². The summed E-state index contributed by atoms with van der Waals surface area (Å²) in [5.41, 5.74) is 0.878. The second kappa shape index (κ2) is 5.54. The maximum atomic E-state index is 6.04. The molecule has 2 rings (SSSR count). The zero-order chi connectivity index (χ0) is 13.1. The Morgan fingerprint density at radius 3 is 2.56 bits per heavy atom. The van der Waals surface area contributed by atoms with E-state index >= 15 is 0 Å². The van der Waals surface area contributed by atoms with Crippen LogP contribution in [0.1, 0.15) is 5.82 Å². The second-order valence-corrected chi connectivity index (χ2v) is 4.95. The third-order valence-corrected chi connectivity index (χ3v) is 3.52. The molecule has 0 amide bonds. The van der Waals surface area contributed by atoms with Crippen LogP contribution in [0.25, 0.3) is 0 Å². The summed E-state index contributed by atoms with van der Waals surface area (Å²) in [6.45, 7) is 1.85. The molecule has 0 atom stereocenters. The maximum Gasteiger partial charge on any atom is 0.136 e. The van der Waals surface area contributed by atoms with E-state index in [1.165, 1.54) is 0 Å². The predicted octanol–water partition coefficient (Wildman–Crippen LogP) is 3.99. The number of aromatic nitrogens is 2. The number of anilines is 3. The molecule has 1 heterocycles. The first-order valence-corrected chi connectivity index (χ1v) is 6.51. The molecule has 0 saturated carbocycles. The smallest absolute Gasteiger partial charge is 0.136 e. The molecule has 0 saturated heterocycles. The lowest BCUT2D eigenvalue weighted by Crippen LogP contribution is -2.01. The third kappa shape index (κ3) is 3.11. The van der Waals surface area contributed by atoms with Gasteiger partial charge in [-0.05, 0) is 41.1 Å². The molecule has 0 aliphatic carbocycles. The van der Waals surface area contributed by atoms with Crippen LogP contribution in [0.4, 0.5) is 17.3 Å². The van der Waals surface area contributed by atoms with E-state index in [0.29, 0.717) is 10.8 Å². The Hall–Kier alpha value is -1.33. The van der Waals surface area contributed by atoms with E-state index in [0.717, 1.165) is 21.8 Å². The summed E-state index contributed by atoms with van der Waals surface area (Å²) in [4.78, 5) is 8.54. The van der Waals surface area contributed by atoms with Gasteiger partial charge in [-0.2, -0.15) is 0 Å². The van der Waals surface area contributed by atoms with Crippen LogP contribution in [-0.2, 0) is 0 Å². The fraction of sp³-hybridized carbons (Fsp3) is 0.167. The third-order valence-electron chi connectivity index (χ3n) is 2.29. The van der Waals surface area contributed by atoms with Crippen molar-refractivity contribution in [2.45, 2.75) is 6.92 Å². The van der Waals surface area contributed by atoms with Gasteiger partial charge in [0, 0.05) is 23.3 Å². The fourth-order valence-electron chi connectivity index (χ4n) is 1.48. The zero-order valence-corrected chi connectivity index (χ0v) is 12.3. The highest BCUT2D eigenvalue weighted by atomic mass is 79.9. The molecule has 0 fully saturated rings. The van der Waals surface area contributed by atoms with Gasteiger partial charge in [0.15, 0.2) is 0 Å². The van der Waals surface area contributed by atoms with Crippen LogP contribution in [0.15, 0.2) is 28.7 Å². The number of halogens is 2. The quantitative estimate of drug-likeness (QED) is 0.895. The van der Waals surface area contributed by atoms with Gasteiger partial charge in [0.2, 0.25) is 0 Å². The van der Waals surface area contributed by atoms with E-state index < -0.39 is 0 Å². The summed E-state index contributed by atoms with van der Waals surface area (Å²) in [6, 6.07) is 7.48. The van der Waals surface area contributed by atoms with Crippen LogP contribution in [0, 0.1) is 6.92 Å². The Morgan fingerprint density at radius 1 is 1.17 bits per heavy atom. The molecule has 4 nitrogen and oxygen atoms in total. The molecular weight excluding hydrogens is 316 g/mol. The minimum Gasteiger partial charge on any atom is -0.373 e. The molecule has 0 aliphatic heterocycles. The van der Waals surface area contributed by atoms with Crippen molar-refractivity contribution in [3.05, 3.63) is 39.6 Å². The molecule has 18 heavy (non-hydrogen) atoms. The Labute approximate surface area is 119 Å². The van der Waals surface area contributed by atoms with E-state index in [2.05, 4.69) is 36.5 Å². The largest absolute Gasteiger partial charge is 0.373 e. The van der Waals surface area contributed by atoms with Gasteiger partial charge in [0.1, 0.15) is 17.5 Å². The highest BCUT2D eigenvalue weighted by Crippen LogP contribution is 2.27. The molecular formula is C12H12BrClN4. The topological polar surface area (TPSA) is 49.8 Å². The van der Waals surface area contributed by atoms with Gasteiger partial charge in [0.05, 0.1) is 5.02 Å². The van der Waals surface area contributed by atoms with Crippen LogP contribution in [0.3, 0.4) is 0 Å². The molecule has 0 spiro atoms. The normalized spacial score (nSPS) is 10.2. The molecule has 6 heteroatoms. The van der Waals surface area contributed by atoms with Crippen LogP contribution in [0.5, 0.6) is 0 Å². The molecule has 0 bridgehead atoms. The van der Waals surface area contributed by atoms with E-state index in [-0.39, 0.29) is 0 Å². The summed E-state index contributed by atoms with van der Waals surface area (Å²) in [7, 11) is 1.82. The van der Waals surface area contributed by atoms with Gasteiger partial charge >= 0.3 is 0 Å². The number of aryl methyl sites for hydroxylation is 1. The van der Waals surface area contributed by atoms with E-state index in [1.54, 1.807) is 0 Å². The lowest BCUT2D eigenvalue weighted by atomic mass is 10.3. The average Bonchev–Trinajstić information content (AvgIpc) is 2.33. The molecule has 0 aliphatic rings. The van der Waals surface area contributed by atoms with Crippen LogP contribution in [0.2, 0.25) is 5.02 Å². The minimum atomic E-state index is 0.652. The lowest BCUT2D eigenvalue weighted by Gasteiger charge is -2.09. The highest BCUT2D eigenvalue weighted by Gasteiger charge is 2.03. The zero-order valence-electron chi connectivity index (χ0n) is 9.96. The SMILES string of the molecule is CNc1cc(Nc2ccc(Br)c(Cl)c2)nc(C)n1. The monoisotopic (exact) mass is 326 g/mol. The first kappa shape index (κ1) is 13.1. The van der Waals surface area contributed by atoms with Gasteiger partial charge in [-0.3, -0.25) is 0 Å². The van der Waals surface area contributed by atoms with Gasteiger partial charge in [-0.25, -0.2) is 9.97 Å². The highest BCUT2D eigenvalue weighted by molar-refractivity contribution is 9.10. The molecule has 2 aromatic rings. The predicted molar refractivity (Wildman–Crippen MR) is 78.8 cm³/mol. The molecule has 0 unspecified atom stereocenters. The number of benzene rings is 1. The van der Waals surface area contributed by atoms with Crippen molar-refractivity contribution in [1.82, 2.24) is 9.97 Å². The summed E-state index contributed by atoms with van der Waals surface area (Å²) >= 11 is 9.39. The van der Waals surface area contributed by atoms with Crippen molar-refractivity contribution >= 4 is 44.9 Å². The second-order valence-electron chi connectivity index (χ2n) is 3.69. The number of nitrogens with zero attached hydrogens (tertiary/aromatic N) is 2. The van der Waals surface area contributed by atoms with Gasteiger partial charge in [0.25, 0.3) is 0 Å². The lowest BCUT2D eigenvalue weighted by molar-refractivity contribution is 1.06. The molecule has 2 N–H and O–H groups in total. The van der Waals surface area contributed by atoms with Gasteiger partial charge in [-0.15, -0.1) is 0 Å². The van der Waals surface area contributed by atoms with Crippen LogP contribution < -0.4 is 10.6 Å². The Balaban J connectivity index is 2.27. The maximum absolute atomic E-state index is 6.04. The Morgan fingerprint density at radius 2 is 1.89 bits per heavy atom. The van der Waals surface area contributed by atoms with Crippen molar-refractivity contribution in [3.8, 4) is 0 Å². The fourth-order valence-corrected chi connectivity index (χ4v) is 1.91. The van der Waals surface area contributed by atoms with Crippen molar-refractivity contribution in [2.75, 3.05) is 17.7 Å². The summed E-state index contributed by atoms with van der Waals surface area (Å²) in [5.74, 6) is 2.20. The Bertz CT molecular complexity index is 574. The average molecular weight is 328 g/mol. The van der Waals surface area contributed by atoms with Gasteiger partial charge < -0.3 is 10.6 Å². The molecule has 94 valence electrons. The number of rotatable bonds is 3. The standard InChI is InChI=1S/C12H12BrClN4/c1-7-16-11(15-2)6-12(17-7)18-8-3-4-9(13)10(14)5-8/h3-6H,1-2H3,(H2,15,16,17,18). The van der Waals surface area contributed by atoms with Crippen LogP contribution in [-0.4, -0.2) is 17.0 Å². The van der Waals surface area contributed by atoms with Gasteiger partial charge in [-0.1, -0.05) is 11.6 Å². The molecule has 1 aromatic carbocycles. The summed E-state index contributed by atoms with van der Waals surface area (Å²) in [5, 5.41) is 6.83.